The molecule has 0 radical (unpaired) electrons. The van der Waals surface area contributed by atoms with Gasteiger partial charge in [0.15, 0.2) is 4.77 Å². The van der Waals surface area contributed by atoms with Gasteiger partial charge < -0.3 is 4.57 Å². The number of aromatic nitrogens is 3. The summed E-state index contributed by atoms with van der Waals surface area (Å²) in [4.78, 5) is 0.343. The molecule has 1 saturated heterocycles. The SMILES string of the molecule is CCn1c([C@H]2CCCN(S(=O)(=O)c3ccccc3)C2)n[nH]c1=S. The minimum Gasteiger partial charge on any atom is -0.304 e. The monoisotopic (exact) mass is 352 g/mol. The van der Waals surface area contributed by atoms with Crippen LogP contribution in [-0.4, -0.2) is 40.6 Å². The fraction of sp³-hybridized carbons (Fsp3) is 0.467. The van der Waals surface area contributed by atoms with E-state index >= 15 is 0 Å². The molecule has 1 aliphatic heterocycles. The standard InChI is InChI=1S/C15H20N4O2S2/c1-2-19-14(16-17-15(19)22)12-7-6-10-18(11-12)23(20,21)13-8-4-3-5-9-13/h3-5,8-9,12H,2,6-7,10-11H2,1H3,(H,17,22)/t12-/m0/s1. The first-order chi connectivity index (χ1) is 11.0. The van der Waals surface area contributed by atoms with Crippen molar-refractivity contribution >= 4 is 22.2 Å². The van der Waals surface area contributed by atoms with Crippen LogP contribution in [0, 0.1) is 4.77 Å². The van der Waals surface area contributed by atoms with Crippen molar-refractivity contribution in [2.75, 3.05) is 13.1 Å². The summed E-state index contributed by atoms with van der Waals surface area (Å²) in [5.41, 5.74) is 0. The number of benzene rings is 1. The highest BCUT2D eigenvalue weighted by Crippen LogP contribution is 2.29. The summed E-state index contributed by atoms with van der Waals surface area (Å²) in [6.07, 6.45) is 1.74. The number of hydrogen-bond acceptors (Lipinski definition) is 4. The number of piperidine rings is 1. The smallest absolute Gasteiger partial charge is 0.243 e. The third-order valence-corrected chi connectivity index (χ3v) is 6.43. The van der Waals surface area contributed by atoms with E-state index in [1.807, 2.05) is 17.6 Å². The van der Waals surface area contributed by atoms with Gasteiger partial charge in [0, 0.05) is 25.6 Å². The Morgan fingerprint density at radius 3 is 2.78 bits per heavy atom. The van der Waals surface area contributed by atoms with E-state index in [1.54, 1.807) is 28.6 Å². The average molecular weight is 352 g/mol. The summed E-state index contributed by atoms with van der Waals surface area (Å²) < 4.78 is 29.7. The topological polar surface area (TPSA) is 71.0 Å². The molecule has 2 heterocycles. The van der Waals surface area contributed by atoms with E-state index in [-0.39, 0.29) is 5.92 Å². The summed E-state index contributed by atoms with van der Waals surface area (Å²) in [5.74, 6) is 0.917. The molecular weight excluding hydrogens is 332 g/mol. The van der Waals surface area contributed by atoms with Crippen LogP contribution in [-0.2, 0) is 16.6 Å². The fourth-order valence-corrected chi connectivity index (χ4v) is 4.87. The van der Waals surface area contributed by atoms with Crippen LogP contribution >= 0.6 is 12.2 Å². The molecule has 1 atom stereocenters. The van der Waals surface area contributed by atoms with Gasteiger partial charge in [-0.1, -0.05) is 18.2 Å². The Hall–Kier alpha value is -1.51. The molecule has 0 saturated carbocycles. The molecule has 0 bridgehead atoms. The molecule has 1 N–H and O–H groups in total. The first kappa shape index (κ1) is 16.4. The largest absolute Gasteiger partial charge is 0.304 e. The van der Waals surface area contributed by atoms with E-state index in [1.165, 1.54) is 0 Å². The van der Waals surface area contributed by atoms with E-state index in [9.17, 15) is 8.42 Å². The second kappa shape index (κ2) is 6.54. The van der Waals surface area contributed by atoms with Crippen LogP contribution in [0.15, 0.2) is 35.2 Å². The Labute approximate surface area is 141 Å². The molecule has 2 aromatic rings. The molecule has 23 heavy (non-hydrogen) atoms. The number of nitrogens with one attached hydrogen (secondary N) is 1. The van der Waals surface area contributed by atoms with Gasteiger partial charge in [-0.25, -0.2) is 8.42 Å². The Bertz CT molecular complexity index is 827. The third-order valence-electron chi connectivity index (χ3n) is 4.23. The van der Waals surface area contributed by atoms with Crippen LogP contribution in [0.1, 0.15) is 31.5 Å². The molecule has 0 unspecified atom stereocenters. The predicted octanol–water partition coefficient (Wildman–Crippen LogP) is 2.53. The second-order valence-electron chi connectivity index (χ2n) is 5.65. The molecule has 6 nitrogen and oxygen atoms in total. The minimum atomic E-state index is -3.46. The minimum absolute atomic E-state index is 0.0649. The molecule has 1 aromatic heterocycles. The number of nitrogens with zero attached hydrogens (tertiary/aromatic N) is 3. The maximum Gasteiger partial charge on any atom is 0.243 e. The maximum absolute atomic E-state index is 12.8. The summed E-state index contributed by atoms with van der Waals surface area (Å²) in [5, 5.41) is 7.14. The zero-order valence-electron chi connectivity index (χ0n) is 13.0. The highest BCUT2D eigenvalue weighted by atomic mass is 32.2. The lowest BCUT2D eigenvalue weighted by molar-refractivity contribution is 0.304. The van der Waals surface area contributed by atoms with Crippen molar-refractivity contribution in [3.63, 3.8) is 0 Å². The van der Waals surface area contributed by atoms with Crippen molar-refractivity contribution < 1.29 is 8.42 Å². The number of aromatic amines is 1. The molecule has 8 heteroatoms. The Morgan fingerprint density at radius 2 is 2.09 bits per heavy atom. The highest BCUT2D eigenvalue weighted by Gasteiger charge is 2.32. The van der Waals surface area contributed by atoms with Crippen molar-refractivity contribution in [1.82, 2.24) is 19.1 Å². The molecule has 124 valence electrons. The van der Waals surface area contributed by atoms with Gasteiger partial charge in [0.1, 0.15) is 5.82 Å². The lowest BCUT2D eigenvalue weighted by atomic mass is 9.99. The Kier molecular flexibility index (Phi) is 4.65. The highest BCUT2D eigenvalue weighted by molar-refractivity contribution is 7.89. The van der Waals surface area contributed by atoms with Crippen molar-refractivity contribution in [3.05, 3.63) is 40.9 Å². The zero-order chi connectivity index (χ0) is 16.4. The van der Waals surface area contributed by atoms with Gasteiger partial charge in [-0.3, -0.25) is 5.10 Å². The number of rotatable bonds is 4. The van der Waals surface area contributed by atoms with Crippen LogP contribution < -0.4 is 0 Å². The van der Waals surface area contributed by atoms with E-state index in [0.29, 0.717) is 22.8 Å². The van der Waals surface area contributed by atoms with Gasteiger partial charge in [0.05, 0.1) is 4.90 Å². The molecule has 0 spiro atoms. The normalized spacial score (nSPS) is 19.8. The Balaban J connectivity index is 1.88. The number of H-pyrrole nitrogens is 1. The van der Waals surface area contributed by atoms with E-state index < -0.39 is 10.0 Å². The van der Waals surface area contributed by atoms with Gasteiger partial charge in [0.25, 0.3) is 0 Å². The van der Waals surface area contributed by atoms with Crippen molar-refractivity contribution in [2.45, 2.75) is 37.1 Å². The first-order valence-electron chi connectivity index (χ1n) is 7.74. The second-order valence-corrected chi connectivity index (χ2v) is 7.97. The Morgan fingerprint density at radius 1 is 1.35 bits per heavy atom. The van der Waals surface area contributed by atoms with Crippen LogP contribution in [0.3, 0.4) is 0 Å². The molecule has 0 aliphatic carbocycles. The van der Waals surface area contributed by atoms with Crippen LogP contribution in [0.25, 0.3) is 0 Å². The molecule has 0 amide bonds. The molecule has 1 fully saturated rings. The van der Waals surface area contributed by atoms with E-state index in [2.05, 4.69) is 10.2 Å². The lowest BCUT2D eigenvalue weighted by Gasteiger charge is -2.31. The zero-order valence-corrected chi connectivity index (χ0v) is 14.6. The first-order valence-corrected chi connectivity index (χ1v) is 9.59. The van der Waals surface area contributed by atoms with Crippen LogP contribution in [0.4, 0.5) is 0 Å². The van der Waals surface area contributed by atoms with Crippen LogP contribution in [0.2, 0.25) is 0 Å². The van der Waals surface area contributed by atoms with Crippen molar-refractivity contribution in [1.29, 1.82) is 0 Å². The molecular formula is C15H20N4O2S2. The summed E-state index contributed by atoms with van der Waals surface area (Å²) in [6, 6.07) is 8.59. The fourth-order valence-electron chi connectivity index (χ4n) is 3.06. The summed E-state index contributed by atoms with van der Waals surface area (Å²) >= 11 is 5.23. The average Bonchev–Trinajstić information content (AvgIpc) is 2.96. The number of sulfonamides is 1. The van der Waals surface area contributed by atoms with Gasteiger partial charge in [-0.05, 0) is 44.1 Å². The predicted molar refractivity (Wildman–Crippen MR) is 90.3 cm³/mol. The molecule has 1 aromatic carbocycles. The quantitative estimate of drug-likeness (QED) is 0.859. The maximum atomic E-state index is 12.8. The van der Waals surface area contributed by atoms with Crippen molar-refractivity contribution in [3.8, 4) is 0 Å². The summed E-state index contributed by atoms with van der Waals surface area (Å²) in [6.45, 7) is 3.73. The van der Waals surface area contributed by atoms with E-state index in [4.69, 9.17) is 12.2 Å². The lowest BCUT2D eigenvalue weighted by Crippen LogP contribution is -2.39. The van der Waals surface area contributed by atoms with E-state index in [0.717, 1.165) is 25.2 Å². The van der Waals surface area contributed by atoms with Gasteiger partial charge in [-0.2, -0.15) is 9.40 Å². The van der Waals surface area contributed by atoms with Crippen molar-refractivity contribution in [2.24, 2.45) is 0 Å². The summed E-state index contributed by atoms with van der Waals surface area (Å²) in [7, 11) is -3.46. The van der Waals surface area contributed by atoms with Crippen LogP contribution in [0.5, 0.6) is 0 Å². The van der Waals surface area contributed by atoms with Gasteiger partial charge in [-0.15, -0.1) is 0 Å². The third kappa shape index (κ3) is 3.11. The number of hydrogen-bond donors (Lipinski definition) is 1. The van der Waals surface area contributed by atoms with Gasteiger partial charge >= 0.3 is 0 Å². The molecule has 1 aliphatic rings. The molecule has 3 rings (SSSR count). The van der Waals surface area contributed by atoms with Gasteiger partial charge in [0.2, 0.25) is 10.0 Å².